The number of aromatic nitrogens is 1. The van der Waals surface area contributed by atoms with Crippen molar-refractivity contribution < 1.29 is 4.74 Å². The van der Waals surface area contributed by atoms with Crippen molar-refractivity contribution >= 4 is 10.9 Å². The molecule has 0 spiro atoms. The van der Waals surface area contributed by atoms with E-state index in [-0.39, 0.29) is 0 Å². The number of nitrogens with one attached hydrogen (secondary N) is 1. The lowest BCUT2D eigenvalue weighted by Gasteiger charge is -2.24. The number of rotatable bonds is 6. The van der Waals surface area contributed by atoms with Gasteiger partial charge in [0.2, 0.25) is 0 Å². The van der Waals surface area contributed by atoms with E-state index in [1.165, 1.54) is 68.9 Å². The summed E-state index contributed by atoms with van der Waals surface area (Å²) in [4.78, 5) is 0. The predicted molar refractivity (Wildman–Crippen MR) is 105 cm³/mol. The third-order valence-corrected chi connectivity index (χ3v) is 6.28. The van der Waals surface area contributed by atoms with Crippen LogP contribution in [0.4, 0.5) is 0 Å². The first kappa shape index (κ1) is 17.0. The van der Waals surface area contributed by atoms with Crippen LogP contribution in [0.3, 0.4) is 0 Å². The van der Waals surface area contributed by atoms with Crippen LogP contribution in [0.15, 0.2) is 18.2 Å². The number of hydrogen-bond acceptors (Lipinski definition) is 2. The summed E-state index contributed by atoms with van der Waals surface area (Å²) in [7, 11) is 1.76. The number of fused-ring (bicyclic) bond motifs is 3. The molecular formula is C22H32N2O. The molecule has 2 aliphatic rings. The molecule has 1 unspecified atom stereocenters. The molecule has 1 atom stereocenters. The lowest BCUT2D eigenvalue weighted by Crippen LogP contribution is -2.33. The van der Waals surface area contributed by atoms with Gasteiger partial charge >= 0.3 is 0 Å². The highest BCUT2D eigenvalue weighted by atomic mass is 16.5. The predicted octanol–water partition coefficient (Wildman–Crippen LogP) is 4.70. The molecule has 1 saturated carbocycles. The van der Waals surface area contributed by atoms with E-state index >= 15 is 0 Å². The van der Waals surface area contributed by atoms with Crippen LogP contribution < -0.4 is 10.1 Å². The minimum absolute atomic E-state index is 0.532. The van der Waals surface area contributed by atoms with Gasteiger partial charge in [-0.2, -0.15) is 0 Å². The molecular weight excluding hydrogens is 308 g/mol. The van der Waals surface area contributed by atoms with Gasteiger partial charge in [0.15, 0.2) is 0 Å². The molecule has 1 aromatic carbocycles. The zero-order chi connectivity index (χ0) is 17.2. The summed E-state index contributed by atoms with van der Waals surface area (Å²) >= 11 is 0. The minimum atomic E-state index is 0.532. The zero-order valence-electron chi connectivity index (χ0n) is 15.8. The molecule has 1 aliphatic heterocycles. The van der Waals surface area contributed by atoms with Crippen LogP contribution in [0.1, 0.15) is 56.7 Å². The fourth-order valence-electron chi connectivity index (χ4n) is 4.89. The smallest absolute Gasteiger partial charge is 0.119 e. The van der Waals surface area contributed by atoms with Crippen LogP contribution in [-0.2, 0) is 19.4 Å². The fraction of sp³-hybridized carbons (Fsp3) is 0.636. The van der Waals surface area contributed by atoms with Crippen LogP contribution in [0, 0.1) is 5.92 Å². The van der Waals surface area contributed by atoms with Gasteiger partial charge in [-0.25, -0.2) is 0 Å². The van der Waals surface area contributed by atoms with Crippen molar-refractivity contribution in [2.45, 2.75) is 70.9 Å². The summed E-state index contributed by atoms with van der Waals surface area (Å²) < 4.78 is 8.02. The van der Waals surface area contributed by atoms with E-state index in [9.17, 15) is 0 Å². The number of benzene rings is 1. The maximum atomic E-state index is 5.49. The number of nitrogens with zero attached hydrogens (tertiary/aromatic N) is 1. The summed E-state index contributed by atoms with van der Waals surface area (Å²) in [5.74, 6) is 1.87. The Hall–Kier alpha value is -1.48. The van der Waals surface area contributed by atoms with E-state index < -0.39 is 0 Å². The molecule has 3 heteroatoms. The first-order valence-electron chi connectivity index (χ1n) is 10.2. The van der Waals surface area contributed by atoms with Crippen molar-refractivity contribution in [3.05, 3.63) is 29.5 Å². The molecule has 4 rings (SSSR count). The van der Waals surface area contributed by atoms with Gasteiger partial charge in [-0.3, -0.25) is 0 Å². The molecule has 1 N–H and O–H groups in total. The van der Waals surface area contributed by atoms with Gasteiger partial charge in [-0.1, -0.05) is 19.3 Å². The molecule has 1 fully saturated rings. The van der Waals surface area contributed by atoms with Gasteiger partial charge in [-0.15, -0.1) is 0 Å². The quantitative estimate of drug-likeness (QED) is 0.825. The van der Waals surface area contributed by atoms with E-state index in [1.54, 1.807) is 18.4 Å². The second kappa shape index (κ2) is 7.41. The van der Waals surface area contributed by atoms with Crippen LogP contribution >= 0.6 is 0 Å². The molecule has 0 saturated heterocycles. The second-order valence-electron chi connectivity index (χ2n) is 8.08. The molecule has 0 amide bonds. The molecule has 0 radical (unpaired) electrons. The van der Waals surface area contributed by atoms with E-state index in [0.717, 1.165) is 18.1 Å². The number of hydrogen-bond donors (Lipinski definition) is 1. The first-order valence-corrected chi connectivity index (χ1v) is 10.2. The Morgan fingerprint density at radius 2 is 2.04 bits per heavy atom. The van der Waals surface area contributed by atoms with Crippen molar-refractivity contribution in [3.8, 4) is 5.75 Å². The molecule has 136 valence electrons. The monoisotopic (exact) mass is 340 g/mol. The highest BCUT2D eigenvalue weighted by Crippen LogP contribution is 2.34. The van der Waals surface area contributed by atoms with Gasteiger partial charge < -0.3 is 14.6 Å². The van der Waals surface area contributed by atoms with Crippen molar-refractivity contribution in [3.63, 3.8) is 0 Å². The Labute approximate surface area is 151 Å². The summed E-state index contributed by atoms with van der Waals surface area (Å²) in [6.45, 7) is 4.72. The van der Waals surface area contributed by atoms with E-state index in [1.807, 2.05) is 0 Å². The number of methoxy groups -OCH3 is 1. The molecule has 2 aromatic rings. The number of aryl methyl sites for hydroxylation is 1. The van der Waals surface area contributed by atoms with Crippen molar-refractivity contribution in [1.82, 2.24) is 9.88 Å². The van der Waals surface area contributed by atoms with Gasteiger partial charge in [0.05, 0.1) is 7.11 Å². The Morgan fingerprint density at radius 1 is 1.20 bits per heavy atom. The normalized spacial score (nSPS) is 19.3. The van der Waals surface area contributed by atoms with Crippen LogP contribution in [0.2, 0.25) is 0 Å². The highest BCUT2D eigenvalue weighted by Gasteiger charge is 2.23. The lowest BCUT2D eigenvalue weighted by atomic mass is 9.89. The van der Waals surface area contributed by atoms with E-state index in [4.69, 9.17) is 4.74 Å². The fourth-order valence-corrected chi connectivity index (χ4v) is 4.89. The average molecular weight is 341 g/mol. The van der Waals surface area contributed by atoms with E-state index in [0.29, 0.717) is 6.04 Å². The van der Waals surface area contributed by atoms with Crippen LogP contribution in [-0.4, -0.2) is 24.3 Å². The highest BCUT2D eigenvalue weighted by molar-refractivity contribution is 5.87. The topological polar surface area (TPSA) is 26.2 Å². The van der Waals surface area contributed by atoms with Gasteiger partial charge in [-0.05, 0) is 75.3 Å². The van der Waals surface area contributed by atoms with Gasteiger partial charge in [0.25, 0.3) is 0 Å². The van der Waals surface area contributed by atoms with Crippen LogP contribution in [0.5, 0.6) is 5.75 Å². The standard InChI is InChI=1S/C22H32N2O/c1-16(23-15-17-7-4-3-5-8-17)13-19-20-14-18(25-2)10-11-22(20)24-12-6-9-21(19)24/h10-11,14,16-17,23H,3-9,12-13,15H2,1-2H3. The molecule has 0 bridgehead atoms. The molecule has 1 aliphatic carbocycles. The summed E-state index contributed by atoms with van der Waals surface area (Å²) in [5, 5.41) is 5.24. The SMILES string of the molecule is COc1ccc2c(c1)c(CC(C)NCC1CCCCC1)c1n2CCC1. The van der Waals surface area contributed by atoms with Crippen LogP contribution in [0.25, 0.3) is 10.9 Å². The average Bonchev–Trinajstić information content (AvgIpc) is 3.23. The second-order valence-corrected chi connectivity index (χ2v) is 8.08. The Bertz CT molecular complexity index is 727. The molecule has 3 nitrogen and oxygen atoms in total. The zero-order valence-corrected chi connectivity index (χ0v) is 15.8. The summed E-state index contributed by atoms with van der Waals surface area (Å²) in [5.41, 5.74) is 4.51. The van der Waals surface area contributed by atoms with E-state index in [2.05, 4.69) is 35.0 Å². The Balaban J connectivity index is 1.51. The molecule has 25 heavy (non-hydrogen) atoms. The molecule has 2 heterocycles. The Morgan fingerprint density at radius 3 is 2.84 bits per heavy atom. The maximum Gasteiger partial charge on any atom is 0.119 e. The largest absolute Gasteiger partial charge is 0.497 e. The summed E-state index contributed by atoms with van der Waals surface area (Å²) in [6.07, 6.45) is 10.8. The van der Waals surface area contributed by atoms with Gasteiger partial charge in [0, 0.05) is 29.2 Å². The minimum Gasteiger partial charge on any atom is -0.497 e. The summed E-state index contributed by atoms with van der Waals surface area (Å²) in [6, 6.07) is 7.11. The van der Waals surface area contributed by atoms with Gasteiger partial charge in [0.1, 0.15) is 5.75 Å². The van der Waals surface area contributed by atoms with Crippen molar-refractivity contribution in [2.75, 3.05) is 13.7 Å². The maximum absolute atomic E-state index is 5.49. The Kier molecular flexibility index (Phi) is 5.03. The van der Waals surface area contributed by atoms with Crippen molar-refractivity contribution in [1.29, 1.82) is 0 Å². The third-order valence-electron chi connectivity index (χ3n) is 6.28. The lowest BCUT2D eigenvalue weighted by molar-refractivity contribution is 0.330. The van der Waals surface area contributed by atoms with Crippen molar-refractivity contribution in [2.24, 2.45) is 5.92 Å². The first-order chi connectivity index (χ1) is 12.3. The third kappa shape index (κ3) is 3.44. The number of ether oxygens (including phenoxy) is 1. The molecule has 1 aromatic heterocycles.